The maximum atomic E-state index is 11.9. The zero-order chi connectivity index (χ0) is 17.6. The third kappa shape index (κ3) is 4.73. The number of amides is 2. The lowest BCUT2D eigenvalue weighted by atomic mass is 10.1. The minimum Gasteiger partial charge on any atom is -0.454 e. The van der Waals surface area contributed by atoms with Crippen LogP contribution in [0.15, 0.2) is 42.5 Å². The first-order valence-corrected chi connectivity index (χ1v) is 8.07. The summed E-state index contributed by atoms with van der Waals surface area (Å²) in [6.07, 6.45) is -0.198. The van der Waals surface area contributed by atoms with E-state index in [1.54, 1.807) is 6.07 Å². The first-order valence-electron chi connectivity index (χ1n) is 8.07. The van der Waals surface area contributed by atoms with Gasteiger partial charge in [-0.2, -0.15) is 0 Å². The van der Waals surface area contributed by atoms with Crippen molar-refractivity contribution >= 4 is 11.8 Å². The van der Waals surface area contributed by atoms with Gasteiger partial charge < -0.3 is 20.1 Å². The summed E-state index contributed by atoms with van der Waals surface area (Å²) in [6.45, 7) is 2.96. The lowest BCUT2D eigenvalue weighted by molar-refractivity contribution is -0.129. The van der Waals surface area contributed by atoms with Crippen LogP contribution in [0.5, 0.6) is 11.5 Å². The summed E-state index contributed by atoms with van der Waals surface area (Å²) >= 11 is 0. The topological polar surface area (TPSA) is 76.7 Å². The van der Waals surface area contributed by atoms with Gasteiger partial charge in [-0.1, -0.05) is 35.9 Å². The van der Waals surface area contributed by atoms with Crippen molar-refractivity contribution < 1.29 is 19.1 Å². The van der Waals surface area contributed by atoms with Crippen LogP contribution >= 0.6 is 0 Å². The number of benzene rings is 2. The zero-order valence-corrected chi connectivity index (χ0v) is 14.0. The molecule has 0 aromatic heterocycles. The second-order valence-electron chi connectivity index (χ2n) is 5.91. The van der Waals surface area contributed by atoms with Crippen molar-refractivity contribution in [3.8, 4) is 11.5 Å². The van der Waals surface area contributed by atoms with Crippen LogP contribution in [0.1, 0.15) is 23.1 Å². The Kier molecular flexibility index (Phi) is 5.18. The van der Waals surface area contributed by atoms with Crippen molar-refractivity contribution in [2.45, 2.75) is 26.4 Å². The van der Waals surface area contributed by atoms with Gasteiger partial charge in [-0.25, -0.2) is 0 Å². The summed E-state index contributed by atoms with van der Waals surface area (Å²) < 4.78 is 10.5. The minimum absolute atomic E-state index is 0.198. The van der Waals surface area contributed by atoms with Crippen LogP contribution in [0.4, 0.5) is 0 Å². The average molecular weight is 340 g/mol. The van der Waals surface area contributed by atoms with Gasteiger partial charge in [0.15, 0.2) is 11.5 Å². The van der Waals surface area contributed by atoms with E-state index in [2.05, 4.69) is 10.6 Å². The number of hydrogen-bond donors (Lipinski definition) is 2. The Labute approximate surface area is 146 Å². The van der Waals surface area contributed by atoms with Crippen molar-refractivity contribution in [2.24, 2.45) is 0 Å². The maximum Gasteiger partial charge on any atom is 0.231 e. The Morgan fingerprint density at radius 2 is 1.60 bits per heavy atom. The van der Waals surface area contributed by atoms with Gasteiger partial charge in [0.05, 0.1) is 0 Å². The fourth-order valence-corrected chi connectivity index (χ4v) is 2.55. The lowest BCUT2D eigenvalue weighted by Gasteiger charge is -2.08. The monoisotopic (exact) mass is 340 g/mol. The van der Waals surface area contributed by atoms with Gasteiger partial charge in [0.2, 0.25) is 18.6 Å². The van der Waals surface area contributed by atoms with Gasteiger partial charge in [-0.15, -0.1) is 0 Å². The molecule has 25 heavy (non-hydrogen) atoms. The number of ether oxygens (including phenoxy) is 2. The fourth-order valence-electron chi connectivity index (χ4n) is 2.55. The second-order valence-corrected chi connectivity index (χ2v) is 5.91. The number of carbonyl (C=O) groups excluding carboxylic acids is 2. The van der Waals surface area contributed by atoms with E-state index < -0.39 is 0 Å². The standard InChI is InChI=1S/C19H20N2O4/c1-13-3-2-4-14(7-13)10-20-18(22)9-19(23)21-11-15-5-6-16-17(8-15)25-12-24-16/h2-8H,9-12H2,1H3,(H,20,22)(H,21,23). The molecule has 1 aliphatic rings. The summed E-state index contributed by atoms with van der Waals surface area (Å²) in [5.74, 6) is 0.748. The largest absolute Gasteiger partial charge is 0.454 e. The molecule has 6 nitrogen and oxygen atoms in total. The molecule has 2 aromatic carbocycles. The van der Waals surface area contributed by atoms with Crippen LogP contribution in [0.25, 0.3) is 0 Å². The average Bonchev–Trinajstić information content (AvgIpc) is 3.06. The Morgan fingerprint density at radius 3 is 2.32 bits per heavy atom. The van der Waals surface area contributed by atoms with Crippen LogP contribution in [0.3, 0.4) is 0 Å². The van der Waals surface area contributed by atoms with Crippen molar-refractivity contribution in [3.05, 3.63) is 59.2 Å². The molecule has 0 saturated heterocycles. The van der Waals surface area contributed by atoms with E-state index in [1.165, 1.54) is 0 Å². The smallest absolute Gasteiger partial charge is 0.231 e. The number of fused-ring (bicyclic) bond motifs is 1. The van der Waals surface area contributed by atoms with Crippen molar-refractivity contribution in [3.63, 3.8) is 0 Å². The highest BCUT2D eigenvalue weighted by molar-refractivity contribution is 5.96. The van der Waals surface area contributed by atoms with Crippen LogP contribution in [-0.2, 0) is 22.7 Å². The molecule has 130 valence electrons. The van der Waals surface area contributed by atoms with E-state index in [0.29, 0.717) is 24.6 Å². The number of hydrogen-bond acceptors (Lipinski definition) is 4. The van der Waals surface area contributed by atoms with Gasteiger partial charge in [0, 0.05) is 13.1 Å². The number of nitrogens with one attached hydrogen (secondary N) is 2. The molecule has 0 bridgehead atoms. The van der Waals surface area contributed by atoms with E-state index in [9.17, 15) is 9.59 Å². The van der Waals surface area contributed by atoms with Gasteiger partial charge in [0.25, 0.3) is 0 Å². The molecule has 2 aromatic rings. The molecule has 1 heterocycles. The molecular weight excluding hydrogens is 320 g/mol. The molecule has 3 rings (SSSR count). The van der Waals surface area contributed by atoms with Crippen molar-refractivity contribution in [1.29, 1.82) is 0 Å². The molecular formula is C19H20N2O4. The normalized spacial score (nSPS) is 11.9. The number of rotatable bonds is 6. The Bertz CT molecular complexity index is 789. The Morgan fingerprint density at radius 1 is 0.920 bits per heavy atom. The van der Waals surface area contributed by atoms with Gasteiger partial charge in [-0.3, -0.25) is 9.59 Å². The molecule has 1 aliphatic heterocycles. The number of carbonyl (C=O) groups is 2. The van der Waals surface area contributed by atoms with E-state index in [0.717, 1.165) is 16.7 Å². The molecule has 0 radical (unpaired) electrons. The lowest BCUT2D eigenvalue weighted by Crippen LogP contribution is -2.31. The predicted octanol–water partition coefficient (Wildman–Crippen LogP) is 2.05. The van der Waals surface area contributed by atoms with Gasteiger partial charge >= 0.3 is 0 Å². The first kappa shape index (κ1) is 16.8. The third-order valence-electron chi connectivity index (χ3n) is 3.82. The van der Waals surface area contributed by atoms with Crippen LogP contribution in [0, 0.1) is 6.92 Å². The van der Waals surface area contributed by atoms with E-state index >= 15 is 0 Å². The maximum absolute atomic E-state index is 11.9. The highest BCUT2D eigenvalue weighted by atomic mass is 16.7. The third-order valence-corrected chi connectivity index (χ3v) is 3.82. The molecule has 0 unspecified atom stereocenters. The SMILES string of the molecule is Cc1cccc(CNC(=O)CC(=O)NCc2ccc3c(c2)OCO3)c1. The highest BCUT2D eigenvalue weighted by Crippen LogP contribution is 2.32. The van der Waals surface area contributed by atoms with E-state index in [4.69, 9.17) is 9.47 Å². The molecule has 2 amide bonds. The van der Waals surface area contributed by atoms with Gasteiger partial charge in [0.1, 0.15) is 6.42 Å². The summed E-state index contributed by atoms with van der Waals surface area (Å²) in [5, 5.41) is 5.49. The van der Waals surface area contributed by atoms with Crippen molar-refractivity contribution in [2.75, 3.05) is 6.79 Å². The summed E-state index contributed by atoms with van der Waals surface area (Å²) in [4.78, 5) is 23.8. The molecule has 0 fully saturated rings. The summed E-state index contributed by atoms with van der Waals surface area (Å²) in [6, 6.07) is 13.3. The molecule has 0 atom stereocenters. The molecule has 6 heteroatoms. The van der Waals surface area contributed by atoms with Crippen LogP contribution in [-0.4, -0.2) is 18.6 Å². The van der Waals surface area contributed by atoms with E-state index in [1.807, 2.05) is 43.3 Å². The summed E-state index contributed by atoms with van der Waals surface area (Å²) in [7, 11) is 0. The Hall–Kier alpha value is -3.02. The molecule has 0 saturated carbocycles. The highest BCUT2D eigenvalue weighted by Gasteiger charge is 2.14. The van der Waals surface area contributed by atoms with Crippen molar-refractivity contribution in [1.82, 2.24) is 10.6 Å². The molecule has 0 spiro atoms. The first-order chi connectivity index (χ1) is 12.1. The van der Waals surface area contributed by atoms with E-state index in [-0.39, 0.29) is 25.0 Å². The van der Waals surface area contributed by atoms with Crippen LogP contribution in [0.2, 0.25) is 0 Å². The minimum atomic E-state index is -0.320. The number of aryl methyl sites for hydroxylation is 1. The molecule has 2 N–H and O–H groups in total. The summed E-state index contributed by atoms with van der Waals surface area (Å²) in [5.41, 5.74) is 3.03. The zero-order valence-electron chi connectivity index (χ0n) is 14.0. The Balaban J connectivity index is 1.42. The van der Waals surface area contributed by atoms with Gasteiger partial charge in [-0.05, 0) is 30.2 Å². The predicted molar refractivity (Wildman–Crippen MR) is 92.1 cm³/mol. The fraction of sp³-hybridized carbons (Fsp3) is 0.263. The van der Waals surface area contributed by atoms with Crippen LogP contribution < -0.4 is 20.1 Å². The molecule has 0 aliphatic carbocycles. The quantitative estimate of drug-likeness (QED) is 0.789. The second kappa shape index (κ2) is 7.70.